The van der Waals surface area contributed by atoms with Crippen LogP contribution in [0.3, 0.4) is 0 Å². The van der Waals surface area contributed by atoms with E-state index in [1.54, 1.807) is 6.21 Å². The average Bonchev–Trinajstić information content (AvgIpc) is 2.71. The molecule has 0 bridgehead atoms. The molecule has 19 heavy (non-hydrogen) atoms. The van der Waals surface area contributed by atoms with Crippen molar-refractivity contribution in [1.82, 2.24) is 4.90 Å². The molecular weight excluding hydrogens is 251 g/mol. The molecule has 0 saturated carbocycles. The molecule has 1 aromatic rings. The van der Waals surface area contributed by atoms with Gasteiger partial charge in [-0.1, -0.05) is 0 Å². The fourth-order valence-electron chi connectivity index (χ4n) is 2.51. The number of hydrogen-bond acceptors (Lipinski definition) is 4. The summed E-state index contributed by atoms with van der Waals surface area (Å²) in [7, 11) is 1.40. The Hall–Kier alpha value is -2.11. The van der Waals surface area contributed by atoms with Gasteiger partial charge < -0.3 is 14.7 Å². The van der Waals surface area contributed by atoms with Crippen LogP contribution < -0.4 is 4.74 Å². The highest BCUT2D eigenvalue weighted by Gasteiger charge is 2.37. The second-order valence-electron chi connectivity index (χ2n) is 4.68. The first kappa shape index (κ1) is 12.0. The van der Waals surface area contributed by atoms with Gasteiger partial charge >= 0.3 is 0 Å². The van der Waals surface area contributed by atoms with Gasteiger partial charge in [0.15, 0.2) is 11.5 Å². The zero-order chi connectivity index (χ0) is 13.6. The minimum atomic E-state index is -1.01. The molecule has 0 spiro atoms. The first-order valence-corrected chi connectivity index (χ1v) is 6.00. The molecule has 1 aromatic carbocycles. The van der Waals surface area contributed by atoms with Crippen molar-refractivity contribution in [3.05, 3.63) is 17.7 Å². The summed E-state index contributed by atoms with van der Waals surface area (Å²) in [6.07, 6.45) is 0.822. The Kier molecular flexibility index (Phi) is 2.66. The predicted molar refractivity (Wildman–Crippen MR) is 67.1 cm³/mol. The number of hydrogen-bond donors (Lipinski definition) is 1. The van der Waals surface area contributed by atoms with Crippen LogP contribution in [-0.2, 0) is 0 Å². The number of nitrogens with zero attached hydrogens (tertiary/aromatic N) is 2. The van der Waals surface area contributed by atoms with Gasteiger partial charge in [0.05, 0.1) is 30.9 Å². The number of phenols is 1. The van der Waals surface area contributed by atoms with Gasteiger partial charge in [0.25, 0.3) is 5.91 Å². The molecular formula is C13H13FN2O3. The summed E-state index contributed by atoms with van der Waals surface area (Å²) in [6, 6.07) is 2.51. The number of carbonyl (C=O) groups excluding carboxylic acids is 1. The smallest absolute Gasteiger partial charge is 0.256 e. The fraction of sp³-hybridized carbons (Fsp3) is 0.385. The van der Waals surface area contributed by atoms with Gasteiger partial charge in [-0.15, -0.1) is 0 Å². The normalized spacial score (nSPS) is 24.9. The van der Waals surface area contributed by atoms with Crippen LogP contribution in [0.4, 0.5) is 10.1 Å². The van der Waals surface area contributed by atoms with Crippen molar-refractivity contribution in [1.29, 1.82) is 0 Å². The third-order valence-corrected chi connectivity index (χ3v) is 3.47. The zero-order valence-electron chi connectivity index (χ0n) is 10.3. The van der Waals surface area contributed by atoms with E-state index in [1.807, 2.05) is 0 Å². The van der Waals surface area contributed by atoms with E-state index in [0.29, 0.717) is 11.3 Å². The van der Waals surface area contributed by atoms with E-state index < -0.39 is 6.17 Å². The van der Waals surface area contributed by atoms with Crippen molar-refractivity contribution in [2.75, 3.05) is 13.7 Å². The van der Waals surface area contributed by atoms with Crippen LogP contribution in [0, 0.1) is 0 Å². The van der Waals surface area contributed by atoms with E-state index in [1.165, 1.54) is 24.1 Å². The van der Waals surface area contributed by atoms with E-state index in [9.17, 15) is 14.3 Å². The second kappa shape index (κ2) is 4.22. The molecule has 6 heteroatoms. The molecule has 1 fully saturated rings. The van der Waals surface area contributed by atoms with Crippen LogP contribution >= 0.6 is 0 Å². The zero-order valence-corrected chi connectivity index (χ0v) is 10.3. The molecule has 2 aliphatic rings. The van der Waals surface area contributed by atoms with Crippen LogP contribution in [0.2, 0.25) is 0 Å². The molecule has 2 aliphatic heterocycles. The van der Waals surface area contributed by atoms with Crippen molar-refractivity contribution >= 4 is 17.8 Å². The predicted octanol–water partition coefficient (Wildman–Crippen LogP) is 1.67. The minimum absolute atomic E-state index is 0.0726. The van der Waals surface area contributed by atoms with Crippen LogP contribution in [0.15, 0.2) is 17.1 Å². The number of carbonyl (C=O) groups is 1. The topological polar surface area (TPSA) is 62.1 Å². The number of ether oxygens (including phenoxy) is 1. The highest BCUT2D eigenvalue weighted by Crippen LogP contribution is 2.37. The summed E-state index contributed by atoms with van der Waals surface area (Å²) in [5.41, 5.74) is 0.704. The average molecular weight is 264 g/mol. The molecule has 1 amide bonds. The highest BCUT2D eigenvalue weighted by molar-refractivity contribution is 6.03. The maximum absolute atomic E-state index is 13.4. The SMILES string of the molecule is COc1cc2c(cc1O)N=CC1C[C@@H](F)CN1C2=O. The second-order valence-corrected chi connectivity index (χ2v) is 4.68. The lowest BCUT2D eigenvalue weighted by Crippen LogP contribution is -2.35. The number of fused-ring (bicyclic) bond motifs is 2. The Morgan fingerprint density at radius 1 is 1.53 bits per heavy atom. The monoisotopic (exact) mass is 264 g/mol. The van der Waals surface area contributed by atoms with Gasteiger partial charge in [0, 0.05) is 18.7 Å². The van der Waals surface area contributed by atoms with Crippen LogP contribution in [-0.4, -0.2) is 48.0 Å². The molecule has 2 atom stereocenters. The van der Waals surface area contributed by atoms with Crippen LogP contribution in [0.25, 0.3) is 0 Å². The van der Waals surface area contributed by atoms with Gasteiger partial charge in [0.1, 0.15) is 6.17 Å². The Balaban J connectivity index is 2.09. The number of halogens is 1. The van der Waals surface area contributed by atoms with Crippen LogP contribution in [0.1, 0.15) is 16.8 Å². The van der Waals surface area contributed by atoms with Crippen molar-refractivity contribution in [3.63, 3.8) is 0 Å². The van der Waals surface area contributed by atoms with Crippen molar-refractivity contribution in [2.45, 2.75) is 18.6 Å². The largest absolute Gasteiger partial charge is 0.504 e. The molecule has 0 aromatic heterocycles. The Morgan fingerprint density at radius 3 is 3.05 bits per heavy atom. The van der Waals surface area contributed by atoms with E-state index in [2.05, 4.69) is 4.99 Å². The first-order valence-electron chi connectivity index (χ1n) is 6.00. The minimum Gasteiger partial charge on any atom is -0.504 e. The van der Waals surface area contributed by atoms with Crippen LogP contribution in [0.5, 0.6) is 11.5 Å². The molecule has 0 radical (unpaired) electrons. The third kappa shape index (κ3) is 1.83. The number of aromatic hydroxyl groups is 1. The number of phenolic OH excluding ortho intramolecular Hbond substituents is 1. The van der Waals surface area contributed by atoms with E-state index in [4.69, 9.17) is 4.74 Å². The molecule has 100 valence electrons. The number of rotatable bonds is 1. The first-order chi connectivity index (χ1) is 9.10. The summed E-state index contributed by atoms with van der Waals surface area (Å²) < 4.78 is 18.4. The van der Waals surface area contributed by atoms with Gasteiger partial charge in [-0.25, -0.2) is 4.39 Å². The van der Waals surface area contributed by atoms with Gasteiger partial charge in [-0.2, -0.15) is 0 Å². The fourth-order valence-corrected chi connectivity index (χ4v) is 2.51. The lowest BCUT2D eigenvalue weighted by Gasteiger charge is -2.19. The number of amides is 1. The maximum Gasteiger partial charge on any atom is 0.256 e. The Morgan fingerprint density at radius 2 is 2.32 bits per heavy atom. The summed E-state index contributed by atoms with van der Waals surface area (Å²) >= 11 is 0. The standard InChI is InChI=1S/C13H13FN2O3/c1-19-12-3-9-10(4-11(12)17)15-5-8-2-7(14)6-16(8)13(9)18/h3-5,7-8,17H,2,6H2,1H3/t7-,8?/m1/s1. The summed E-state index contributed by atoms with van der Waals surface area (Å²) in [5, 5.41) is 9.71. The van der Waals surface area contributed by atoms with Crippen molar-refractivity contribution in [2.24, 2.45) is 4.99 Å². The number of benzene rings is 1. The lowest BCUT2D eigenvalue weighted by molar-refractivity contribution is 0.0765. The maximum atomic E-state index is 13.4. The summed E-state index contributed by atoms with van der Waals surface area (Å²) in [5.74, 6) is -0.149. The number of alkyl halides is 1. The van der Waals surface area contributed by atoms with E-state index >= 15 is 0 Å². The molecule has 1 saturated heterocycles. The highest BCUT2D eigenvalue weighted by atomic mass is 19.1. The van der Waals surface area contributed by atoms with E-state index in [-0.39, 0.29) is 36.4 Å². The lowest BCUT2D eigenvalue weighted by atomic mass is 10.1. The molecule has 1 unspecified atom stereocenters. The molecule has 0 aliphatic carbocycles. The van der Waals surface area contributed by atoms with Crippen molar-refractivity contribution in [3.8, 4) is 11.5 Å². The summed E-state index contributed by atoms with van der Waals surface area (Å²) in [4.78, 5) is 18.0. The van der Waals surface area contributed by atoms with Gasteiger partial charge in [-0.3, -0.25) is 9.79 Å². The van der Waals surface area contributed by atoms with Gasteiger partial charge in [-0.05, 0) is 6.07 Å². The van der Waals surface area contributed by atoms with E-state index in [0.717, 1.165) is 0 Å². The molecule has 2 heterocycles. The Bertz CT molecular complexity index is 573. The van der Waals surface area contributed by atoms with Crippen molar-refractivity contribution < 1.29 is 19.0 Å². The molecule has 3 rings (SSSR count). The molecule has 1 N–H and O–H groups in total. The summed E-state index contributed by atoms with van der Waals surface area (Å²) in [6.45, 7) is 0.0815. The molecule has 5 nitrogen and oxygen atoms in total. The third-order valence-electron chi connectivity index (χ3n) is 3.47. The number of aliphatic imine (C=N–C) groups is 1. The van der Waals surface area contributed by atoms with Gasteiger partial charge in [0.2, 0.25) is 0 Å². The Labute approximate surface area is 109 Å². The number of methoxy groups -OCH3 is 1. The quantitative estimate of drug-likeness (QED) is 0.839.